The Hall–Kier alpha value is 0.870. The minimum atomic E-state index is -4.18. The van der Waals surface area contributed by atoms with Crippen LogP contribution >= 0.6 is 0 Å². The van der Waals surface area contributed by atoms with Crippen molar-refractivity contribution in [3.8, 4) is 0 Å². The van der Waals surface area contributed by atoms with Gasteiger partial charge in [-0.3, -0.25) is 0 Å². The van der Waals surface area contributed by atoms with Gasteiger partial charge in [0.2, 0.25) is 0 Å². The van der Waals surface area contributed by atoms with Crippen molar-refractivity contribution in [2.45, 2.75) is 154 Å². The molecule has 0 aromatic heterocycles. The molecule has 0 rings (SSSR count). The molecule has 2 unspecified atom stereocenters. The van der Waals surface area contributed by atoms with E-state index in [1.54, 1.807) is 0 Å². The molecule has 1 N–H and O–H groups in total. The van der Waals surface area contributed by atoms with E-state index in [2.05, 4.69) is 13.8 Å². The average molecular weight is 457 g/mol. The van der Waals surface area contributed by atoms with Crippen molar-refractivity contribution >= 4 is 10.1 Å². The summed E-state index contributed by atoms with van der Waals surface area (Å²) in [5.74, 6) is 0. The van der Waals surface area contributed by atoms with Gasteiger partial charge < -0.3 is 9.66 Å². The van der Waals surface area contributed by atoms with E-state index in [0.717, 1.165) is 64.2 Å². The molecule has 0 heterocycles. The summed E-state index contributed by atoms with van der Waals surface area (Å²) >= 11 is 0. The largest absolute Gasteiger partial charge is 1.00 e. The van der Waals surface area contributed by atoms with Gasteiger partial charge in [0.25, 0.3) is 0 Å². The molecule has 0 aromatic rings. The van der Waals surface area contributed by atoms with E-state index in [-0.39, 0.29) is 35.7 Å². The normalized spacial score (nSPS) is 13.7. The molecule has 0 radical (unpaired) electrons. The summed E-state index contributed by atoms with van der Waals surface area (Å²) in [4.78, 5) is 0. The van der Waals surface area contributed by atoms with Crippen LogP contribution in [0.4, 0.5) is 0 Å². The summed E-state index contributed by atoms with van der Waals surface area (Å²) in [6.07, 6.45) is 20.5. The molecular weight excluding hydrogens is 407 g/mol. The number of hydrogen-bond donors (Lipinski definition) is 1. The minimum Gasteiger partial charge on any atom is -0.748 e. The Morgan fingerprint density at radius 1 is 0.600 bits per heavy atom. The quantitative estimate of drug-likeness (QED) is 0.151. The fourth-order valence-electron chi connectivity index (χ4n) is 4.00. The first-order chi connectivity index (χ1) is 13.9. The molecule has 2 atom stereocenters. The maximum absolute atomic E-state index is 11.5. The topological polar surface area (TPSA) is 77.4 Å². The van der Waals surface area contributed by atoms with Crippen molar-refractivity contribution in [3.05, 3.63) is 0 Å². The van der Waals surface area contributed by atoms with Crippen LogP contribution in [-0.2, 0) is 10.1 Å². The third kappa shape index (κ3) is 22.1. The van der Waals surface area contributed by atoms with Crippen molar-refractivity contribution in [2.75, 3.05) is 0 Å². The van der Waals surface area contributed by atoms with Crippen molar-refractivity contribution in [2.24, 2.45) is 0 Å². The first-order valence-corrected chi connectivity index (χ1v) is 14.0. The van der Waals surface area contributed by atoms with Crippen LogP contribution in [-0.4, -0.2) is 29.4 Å². The minimum absolute atomic E-state index is 0. The maximum Gasteiger partial charge on any atom is 1.00 e. The zero-order valence-electron chi connectivity index (χ0n) is 20.4. The van der Waals surface area contributed by atoms with Crippen molar-refractivity contribution < 1.29 is 47.6 Å². The van der Waals surface area contributed by atoms with Gasteiger partial charge >= 0.3 is 29.6 Å². The Morgan fingerprint density at radius 2 is 0.900 bits per heavy atom. The molecule has 0 aromatic carbocycles. The van der Waals surface area contributed by atoms with Crippen LogP contribution in [0.25, 0.3) is 0 Å². The standard InChI is InChI=1S/C24H50O4S.Na/c1-3-5-7-9-10-12-17-21-24(29(26,27)28)22-18-14-13-16-20-23(25)19-15-11-8-6-4-2;/h23-25H,3-22H2,1-2H3,(H,26,27,28);/q;+1/p-1. The molecule has 4 nitrogen and oxygen atoms in total. The van der Waals surface area contributed by atoms with Gasteiger partial charge in [0.15, 0.2) is 0 Å². The predicted octanol–water partition coefficient (Wildman–Crippen LogP) is 4.11. The summed E-state index contributed by atoms with van der Waals surface area (Å²) < 4.78 is 34.6. The second-order valence-electron chi connectivity index (χ2n) is 8.87. The van der Waals surface area contributed by atoms with E-state index in [0.29, 0.717) is 12.8 Å². The molecule has 0 spiro atoms. The van der Waals surface area contributed by atoms with Crippen molar-refractivity contribution in [1.29, 1.82) is 0 Å². The van der Waals surface area contributed by atoms with Gasteiger partial charge in [-0.05, 0) is 25.7 Å². The number of unbranched alkanes of at least 4 members (excludes halogenated alkanes) is 13. The van der Waals surface area contributed by atoms with Crippen LogP contribution in [0.3, 0.4) is 0 Å². The van der Waals surface area contributed by atoms with Gasteiger partial charge in [-0.25, -0.2) is 8.42 Å². The van der Waals surface area contributed by atoms with Gasteiger partial charge in [-0.2, -0.15) is 0 Å². The Morgan fingerprint density at radius 3 is 1.23 bits per heavy atom. The third-order valence-corrected chi connectivity index (χ3v) is 7.28. The van der Waals surface area contributed by atoms with Gasteiger partial charge in [-0.1, -0.05) is 117 Å². The molecule has 0 aliphatic rings. The van der Waals surface area contributed by atoms with Gasteiger partial charge in [0, 0.05) is 5.25 Å². The summed E-state index contributed by atoms with van der Waals surface area (Å²) in [7, 11) is -4.18. The van der Waals surface area contributed by atoms with E-state index in [9.17, 15) is 18.1 Å². The first-order valence-electron chi connectivity index (χ1n) is 12.5. The Bertz CT molecular complexity index is 442. The van der Waals surface area contributed by atoms with Crippen LogP contribution in [0.1, 0.15) is 142 Å². The van der Waals surface area contributed by atoms with Crippen molar-refractivity contribution in [3.63, 3.8) is 0 Å². The van der Waals surface area contributed by atoms with Crippen molar-refractivity contribution in [1.82, 2.24) is 0 Å². The second-order valence-corrected chi connectivity index (χ2v) is 10.5. The molecule has 30 heavy (non-hydrogen) atoms. The van der Waals surface area contributed by atoms with E-state index in [1.807, 2.05) is 0 Å². The van der Waals surface area contributed by atoms with Crippen LogP contribution in [0.5, 0.6) is 0 Å². The SMILES string of the molecule is CCCCCCCCCC(CCCCCCC(O)CCCCCCC)S(=O)(=O)[O-].[Na+]. The Labute approximate surface area is 210 Å². The Balaban J connectivity index is 0. The summed E-state index contributed by atoms with van der Waals surface area (Å²) in [5.41, 5.74) is 0. The van der Waals surface area contributed by atoms with E-state index in [4.69, 9.17) is 0 Å². The number of aliphatic hydroxyl groups excluding tert-OH is 1. The molecule has 176 valence electrons. The van der Waals surface area contributed by atoms with Crippen LogP contribution in [0.15, 0.2) is 0 Å². The van der Waals surface area contributed by atoms with Crippen LogP contribution < -0.4 is 29.6 Å². The molecule has 0 fully saturated rings. The van der Waals surface area contributed by atoms with Gasteiger partial charge in [0.05, 0.1) is 16.2 Å². The van der Waals surface area contributed by atoms with Crippen LogP contribution in [0.2, 0.25) is 0 Å². The van der Waals surface area contributed by atoms with E-state index in [1.165, 1.54) is 51.4 Å². The average Bonchev–Trinajstić information content (AvgIpc) is 2.67. The third-order valence-electron chi connectivity index (χ3n) is 5.99. The predicted molar refractivity (Wildman–Crippen MR) is 123 cm³/mol. The molecule has 0 amide bonds. The zero-order valence-corrected chi connectivity index (χ0v) is 23.2. The van der Waals surface area contributed by atoms with Gasteiger partial charge in [0.1, 0.15) is 0 Å². The molecule has 0 bridgehead atoms. The molecular formula is C24H49NaO4S. The molecule has 0 aliphatic carbocycles. The smallest absolute Gasteiger partial charge is 0.748 e. The van der Waals surface area contributed by atoms with E-state index >= 15 is 0 Å². The monoisotopic (exact) mass is 456 g/mol. The molecule has 0 saturated heterocycles. The summed E-state index contributed by atoms with van der Waals surface area (Å²) in [6, 6.07) is 0. The summed E-state index contributed by atoms with van der Waals surface area (Å²) in [6.45, 7) is 4.40. The maximum atomic E-state index is 11.5. The second kappa shape index (κ2) is 23.0. The summed E-state index contributed by atoms with van der Waals surface area (Å²) in [5, 5.41) is 9.32. The fourth-order valence-corrected chi connectivity index (χ4v) is 4.91. The molecule has 0 saturated carbocycles. The number of hydrogen-bond acceptors (Lipinski definition) is 4. The fraction of sp³-hybridized carbons (Fsp3) is 1.00. The molecule has 0 aliphatic heterocycles. The van der Waals surface area contributed by atoms with Crippen LogP contribution in [0, 0.1) is 0 Å². The zero-order chi connectivity index (χ0) is 21.8. The number of rotatable bonds is 22. The first kappa shape index (κ1) is 33.0. The van der Waals surface area contributed by atoms with Gasteiger partial charge in [-0.15, -0.1) is 0 Å². The van der Waals surface area contributed by atoms with E-state index < -0.39 is 15.4 Å². The Kier molecular flexibility index (Phi) is 25.4. The number of aliphatic hydroxyl groups is 1. The molecule has 6 heteroatoms.